The topological polar surface area (TPSA) is 48.7 Å². The number of piperidine rings is 1. The third-order valence-electron chi connectivity index (χ3n) is 5.26. The highest BCUT2D eigenvalue weighted by Crippen LogP contribution is 2.40. The van der Waals surface area contributed by atoms with Crippen molar-refractivity contribution in [2.45, 2.75) is 53.2 Å². The molecule has 2 atom stereocenters. The Morgan fingerprint density at radius 1 is 1.42 bits per heavy atom. The molecule has 1 saturated heterocycles. The molecule has 0 spiro atoms. The lowest BCUT2D eigenvalue weighted by Crippen LogP contribution is -2.49. The summed E-state index contributed by atoms with van der Waals surface area (Å²) in [6.45, 7) is 11.1. The maximum absolute atomic E-state index is 7.75. The summed E-state index contributed by atoms with van der Waals surface area (Å²) >= 11 is 6.05. The van der Waals surface area contributed by atoms with Gasteiger partial charge in [0.15, 0.2) is 0 Å². The fraction of sp³-hybridized carbons (Fsp3) is 0.524. The van der Waals surface area contributed by atoms with Crippen LogP contribution in [0.25, 0.3) is 0 Å². The van der Waals surface area contributed by atoms with E-state index in [9.17, 15) is 0 Å². The van der Waals surface area contributed by atoms with E-state index in [1.165, 1.54) is 5.70 Å². The van der Waals surface area contributed by atoms with Gasteiger partial charge in [0.25, 0.3) is 0 Å². The minimum atomic E-state index is 0.0789. The molecular weight excluding hydrogens is 346 g/mol. The van der Waals surface area contributed by atoms with Crippen LogP contribution in [0.5, 0.6) is 0 Å². The molecular formula is C21H30ClN3O. The number of likely N-dealkylation sites (tertiary alicyclic amines) is 1. The quantitative estimate of drug-likeness (QED) is 0.558. The van der Waals surface area contributed by atoms with E-state index in [0.717, 1.165) is 12.0 Å². The number of nitrogens with one attached hydrogen (secondary N) is 1. The predicted octanol–water partition coefficient (Wildman–Crippen LogP) is 5.52. The lowest BCUT2D eigenvalue weighted by atomic mass is 9.76. The van der Waals surface area contributed by atoms with Crippen molar-refractivity contribution in [1.82, 2.24) is 4.90 Å². The van der Waals surface area contributed by atoms with Gasteiger partial charge in [0.2, 0.25) is 5.90 Å². The summed E-state index contributed by atoms with van der Waals surface area (Å²) in [7, 11) is 2.13. The van der Waals surface area contributed by atoms with E-state index in [4.69, 9.17) is 21.7 Å². The molecule has 1 aliphatic rings. The summed E-state index contributed by atoms with van der Waals surface area (Å²) < 4.78 is 5.94. The van der Waals surface area contributed by atoms with Crippen molar-refractivity contribution in [2.75, 3.05) is 7.05 Å². The SMILES string of the molecule is CC(=N)N=C(C=C1C(C)C(C)CC(C)(C)N1C)OCc1cccc(Cl)c1. The average molecular weight is 376 g/mol. The molecule has 1 heterocycles. The fourth-order valence-corrected chi connectivity index (χ4v) is 3.67. The highest BCUT2D eigenvalue weighted by Gasteiger charge is 2.37. The maximum Gasteiger partial charge on any atom is 0.217 e. The number of amidine groups is 1. The van der Waals surface area contributed by atoms with E-state index in [2.05, 4.69) is 44.6 Å². The molecule has 1 aromatic carbocycles. The highest BCUT2D eigenvalue weighted by molar-refractivity contribution is 6.30. The second kappa shape index (κ2) is 8.26. The predicted molar refractivity (Wildman–Crippen MR) is 110 cm³/mol. The van der Waals surface area contributed by atoms with Gasteiger partial charge in [0.05, 0.1) is 0 Å². The van der Waals surface area contributed by atoms with Crippen LogP contribution in [0.3, 0.4) is 0 Å². The molecule has 2 rings (SSSR count). The van der Waals surface area contributed by atoms with Crippen molar-refractivity contribution in [1.29, 1.82) is 5.41 Å². The van der Waals surface area contributed by atoms with Crippen molar-refractivity contribution in [3.05, 3.63) is 46.6 Å². The number of ether oxygens (including phenoxy) is 1. The Kier molecular flexibility index (Phi) is 6.51. The second-order valence-corrected chi connectivity index (χ2v) is 8.30. The van der Waals surface area contributed by atoms with Gasteiger partial charge < -0.3 is 9.64 Å². The Hall–Kier alpha value is -1.81. The lowest BCUT2D eigenvalue weighted by molar-refractivity contribution is 0.0885. The van der Waals surface area contributed by atoms with Crippen LogP contribution >= 0.6 is 11.6 Å². The fourth-order valence-electron chi connectivity index (χ4n) is 3.46. The van der Waals surface area contributed by atoms with Gasteiger partial charge in [-0.2, -0.15) is 4.99 Å². The van der Waals surface area contributed by atoms with E-state index in [0.29, 0.717) is 29.4 Å². The normalized spacial score (nSPS) is 24.7. The summed E-state index contributed by atoms with van der Waals surface area (Å²) in [5, 5.41) is 8.43. The third kappa shape index (κ3) is 5.10. The van der Waals surface area contributed by atoms with Gasteiger partial charge in [-0.1, -0.05) is 37.6 Å². The van der Waals surface area contributed by atoms with Crippen LogP contribution in [0.1, 0.15) is 46.6 Å². The van der Waals surface area contributed by atoms with Crippen LogP contribution in [0.4, 0.5) is 0 Å². The smallest absolute Gasteiger partial charge is 0.217 e. The zero-order chi connectivity index (χ0) is 19.5. The Morgan fingerprint density at radius 3 is 2.73 bits per heavy atom. The zero-order valence-electron chi connectivity index (χ0n) is 16.6. The number of aliphatic imine (C=N–C) groups is 1. The van der Waals surface area contributed by atoms with Gasteiger partial charge in [0.1, 0.15) is 12.4 Å². The Balaban J connectivity index is 2.28. The minimum Gasteiger partial charge on any atom is -0.473 e. The molecule has 0 aromatic heterocycles. The molecule has 26 heavy (non-hydrogen) atoms. The van der Waals surface area contributed by atoms with Crippen LogP contribution in [-0.4, -0.2) is 29.2 Å². The summed E-state index contributed by atoms with van der Waals surface area (Å²) in [5.74, 6) is 1.67. The number of hydrogen-bond donors (Lipinski definition) is 1. The van der Waals surface area contributed by atoms with E-state index in [-0.39, 0.29) is 11.4 Å². The standard InChI is InChI=1S/C21H30ClN3O/c1-14-12-21(4,5)25(6)19(15(14)2)11-20(24-16(3)23)26-13-17-8-7-9-18(22)10-17/h7-11,14-15,23H,12-13H2,1-6H3. The molecule has 142 valence electrons. The Bertz CT molecular complexity index is 724. The largest absolute Gasteiger partial charge is 0.473 e. The molecule has 1 aliphatic heterocycles. The molecule has 0 amide bonds. The molecule has 1 fully saturated rings. The van der Waals surface area contributed by atoms with Crippen LogP contribution in [0, 0.1) is 17.2 Å². The van der Waals surface area contributed by atoms with Crippen LogP contribution in [0.2, 0.25) is 5.02 Å². The van der Waals surface area contributed by atoms with E-state index >= 15 is 0 Å². The highest BCUT2D eigenvalue weighted by atomic mass is 35.5. The van der Waals surface area contributed by atoms with Crippen LogP contribution in [0.15, 0.2) is 41.0 Å². The van der Waals surface area contributed by atoms with Gasteiger partial charge in [-0.15, -0.1) is 0 Å². The number of benzene rings is 1. The van der Waals surface area contributed by atoms with Crippen LogP contribution in [-0.2, 0) is 11.3 Å². The third-order valence-corrected chi connectivity index (χ3v) is 5.50. The minimum absolute atomic E-state index is 0.0789. The molecule has 5 heteroatoms. The summed E-state index contributed by atoms with van der Waals surface area (Å²) in [5.41, 5.74) is 2.25. The summed E-state index contributed by atoms with van der Waals surface area (Å²) in [6, 6.07) is 7.59. The van der Waals surface area contributed by atoms with E-state index in [1.54, 1.807) is 6.92 Å². The number of rotatable bonds is 3. The molecule has 0 radical (unpaired) electrons. The molecule has 0 saturated carbocycles. The van der Waals surface area contributed by atoms with Crippen molar-refractivity contribution < 1.29 is 4.74 Å². The lowest BCUT2D eigenvalue weighted by Gasteiger charge is -2.49. The molecule has 0 bridgehead atoms. The van der Waals surface area contributed by atoms with Gasteiger partial charge >= 0.3 is 0 Å². The molecule has 1 aromatic rings. The Morgan fingerprint density at radius 2 is 2.12 bits per heavy atom. The first kappa shape index (κ1) is 20.5. The monoisotopic (exact) mass is 375 g/mol. The van der Waals surface area contributed by atoms with Gasteiger partial charge in [-0.3, -0.25) is 5.41 Å². The van der Waals surface area contributed by atoms with Crippen molar-refractivity contribution in [3.8, 4) is 0 Å². The molecule has 1 N–H and O–H groups in total. The number of nitrogens with zero attached hydrogens (tertiary/aromatic N) is 2. The Labute approximate surface area is 162 Å². The first-order chi connectivity index (χ1) is 12.1. The van der Waals surface area contributed by atoms with Gasteiger partial charge in [-0.25, -0.2) is 0 Å². The average Bonchev–Trinajstić information content (AvgIpc) is 2.54. The molecule has 2 unspecified atom stereocenters. The maximum atomic E-state index is 7.75. The van der Waals surface area contributed by atoms with Crippen molar-refractivity contribution in [2.24, 2.45) is 16.8 Å². The molecule has 4 nitrogen and oxygen atoms in total. The number of hydrogen-bond acceptors (Lipinski definition) is 3. The second-order valence-electron chi connectivity index (χ2n) is 7.86. The first-order valence-corrected chi connectivity index (χ1v) is 9.44. The number of halogens is 1. The van der Waals surface area contributed by atoms with E-state index < -0.39 is 0 Å². The van der Waals surface area contributed by atoms with Gasteiger partial charge in [-0.05, 0) is 56.7 Å². The van der Waals surface area contributed by atoms with Crippen molar-refractivity contribution in [3.63, 3.8) is 0 Å². The number of allylic oxidation sites excluding steroid dienone is 1. The molecule has 0 aliphatic carbocycles. The zero-order valence-corrected chi connectivity index (χ0v) is 17.4. The van der Waals surface area contributed by atoms with Crippen LogP contribution < -0.4 is 0 Å². The van der Waals surface area contributed by atoms with E-state index in [1.807, 2.05) is 30.3 Å². The van der Waals surface area contributed by atoms with Crippen molar-refractivity contribution >= 4 is 23.3 Å². The summed E-state index contributed by atoms with van der Waals surface area (Å²) in [6.07, 6.45) is 3.13. The summed E-state index contributed by atoms with van der Waals surface area (Å²) in [4.78, 5) is 6.61. The first-order valence-electron chi connectivity index (χ1n) is 9.06. The van der Waals surface area contributed by atoms with Gasteiger partial charge in [0, 0.05) is 29.4 Å².